The minimum atomic E-state index is -0.103. The van der Waals surface area contributed by atoms with Gasteiger partial charge in [0.1, 0.15) is 11.4 Å². The number of rotatable bonds is 3. The van der Waals surface area contributed by atoms with E-state index in [4.69, 9.17) is 18.8 Å². The number of amides is 2. The van der Waals surface area contributed by atoms with E-state index in [0.29, 0.717) is 52.7 Å². The van der Waals surface area contributed by atoms with Crippen LogP contribution in [0.3, 0.4) is 0 Å². The van der Waals surface area contributed by atoms with Crippen molar-refractivity contribution in [2.45, 2.75) is 0 Å². The monoisotopic (exact) mass is 403 g/mol. The molecule has 0 radical (unpaired) electrons. The Kier molecular flexibility index (Phi) is 4.68. The van der Waals surface area contributed by atoms with Crippen molar-refractivity contribution < 1.29 is 13.6 Å². The van der Waals surface area contributed by atoms with Gasteiger partial charge in [0.15, 0.2) is 11.5 Å². The summed E-state index contributed by atoms with van der Waals surface area (Å²) < 4.78 is 11.1. The van der Waals surface area contributed by atoms with Gasteiger partial charge in [-0.2, -0.15) is 0 Å². The molecule has 0 spiro atoms. The molecule has 30 heavy (non-hydrogen) atoms. The first kappa shape index (κ1) is 18.4. The Hall–Kier alpha value is -3.65. The van der Waals surface area contributed by atoms with Crippen molar-refractivity contribution in [2.75, 3.05) is 38.5 Å². The highest BCUT2D eigenvalue weighted by atomic mass is 16.3. The van der Waals surface area contributed by atoms with Gasteiger partial charge >= 0.3 is 6.03 Å². The van der Waals surface area contributed by atoms with E-state index < -0.39 is 0 Å². The second kappa shape index (κ2) is 7.64. The summed E-state index contributed by atoms with van der Waals surface area (Å²) in [5.74, 6) is 1.21. The number of anilines is 1. The lowest BCUT2D eigenvalue weighted by Gasteiger charge is -2.32. The lowest BCUT2D eigenvalue weighted by atomic mass is 10.1. The summed E-state index contributed by atoms with van der Waals surface area (Å²) in [5, 5.41) is 2.97. The SMILES string of the molecule is CN1CCN(C(=O)Nc2ccc3nc(-c4ccco4)c(-c4ccco4)nc3c2)CC1. The average molecular weight is 403 g/mol. The summed E-state index contributed by atoms with van der Waals surface area (Å²) in [6.07, 6.45) is 3.20. The fourth-order valence-corrected chi connectivity index (χ4v) is 3.51. The fraction of sp³-hybridized carbons (Fsp3) is 0.227. The summed E-state index contributed by atoms with van der Waals surface area (Å²) in [4.78, 5) is 26.2. The molecule has 1 aliphatic rings. The zero-order valence-corrected chi connectivity index (χ0v) is 16.5. The molecule has 2 amide bonds. The number of carbonyl (C=O) groups excluding carboxylic acids is 1. The van der Waals surface area contributed by atoms with Crippen LogP contribution in [0.5, 0.6) is 0 Å². The molecule has 1 N–H and O–H groups in total. The van der Waals surface area contributed by atoms with E-state index in [1.165, 1.54) is 0 Å². The topological polar surface area (TPSA) is 87.6 Å². The van der Waals surface area contributed by atoms with Gasteiger partial charge in [0.2, 0.25) is 0 Å². The first-order chi connectivity index (χ1) is 14.7. The molecule has 0 unspecified atom stereocenters. The zero-order valence-electron chi connectivity index (χ0n) is 16.5. The molecule has 4 aromatic rings. The smallest absolute Gasteiger partial charge is 0.321 e. The van der Waals surface area contributed by atoms with Crippen LogP contribution in [0.2, 0.25) is 0 Å². The number of nitrogens with one attached hydrogen (secondary N) is 1. The van der Waals surface area contributed by atoms with E-state index in [-0.39, 0.29) is 6.03 Å². The second-order valence-electron chi connectivity index (χ2n) is 7.30. The molecule has 1 fully saturated rings. The number of furan rings is 2. The van der Waals surface area contributed by atoms with Gasteiger partial charge in [-0.1, -0.05) is 0 Å². The third-order valence-electron chi connectivity index (χ3n) is 5.22. The Morgan fingerprint density at radius 1 is 0.900 bits per heavy atom. The number of aromatic nitrogens is 2. The molecule has 0 atom stereocenters. The molecule has 1 saturated heterocycles. The van der Waals surface area contributed by atoms with Crippen LogP contribution in [-0.4, -0.2) is 59.0 Å². The van der Waals surface area contributed by atoms with Gasteiger partial charge in [0, 0.05) is 31.9 Å². The van der Waals surface area contributed by atoms with Crippen LogP contribution in [0.1, 0.15) is 0 Å². The van der Waals surface area contributed by atoms with Crippen LogP contribution in [0.25, 0.3) is 33.9 Å². The van der Waals surface area contributed by atoms with E-state index in [1.54, 1.807) is 18.6 Å². The van der Waals surface area contributed by atoms with E-state index >= 15 is 0 Å². The highest BCUT2D eigenvalue weighted by molar-refractivity contribution is 5.93. The van der Waals surface area contributed by atoms with Crippen molar-refractivity contribution in [3.63, 3.8) is 0 Å². The summed E-state index contributed by atoms with van der Waals surface area (Å²) in [5.41, 5.74) is 3.24. The first-order valence-electron chi connectivity index (χ1n) is 9.81. The van der Waals surface area contributed by atoms with Crippen LogP contribution in [0.15, 0.2) is 63.8 Å². The van der Waals surface area contributed by atoms with Crippen molar-refractivity contribution in [1.29, 1.82) is 0 Å². The number of likely N-dealkylation sites (N-methyl/N-ethyl adjacent to an activating group) is 1. The van der Waals surface area contributed by atoms with E-state index in [2.05, 4.69) is 17.3 Å². The number of urea groups is 1. The molecule has 1 aromatic carbocycles. The Morgan fingerprint density at radius 2 is 1.53 bits per heavy atom. The predicted octanol–water partition coefficient (Wildman–Crippen LogP) is 3.93. The summed E-state index contributed by atoms with van der Waals surface area (Å²) in [7, 11) is 2.06. The second-order valence-corrected chi connectivity index (χ2v) is 7.30. The fourth-order valence-electron chi connectivity index (χ4n) is 3.51. The molecular weight excluding hydrogens is 382 g/mol. The van der Waals surface area contributed by atoms with Crippen molar-refractivity contribution in [1.82, 2.24) is 19.8 Å². The van der Waals surface area contributed by atoms with Gasteiger partial charge in [0.25, 0.3) is 0 Å². The molecular formula is C22H21N5O3. The lowest BCUT2D eigenvalue weighted by molar-refractivity contribution is 0.164. The number of fused-ring (bicyclic) bond motifs is 1. The van der Waals surface area contributed by atoms with Gasteiger partial charge in [-0.25, -0.2) is 14.8 Å². The molecule has 8 heteroatoms. The largest absolute Gasteiger partial charge is 0.463 e. The molecule has 8 nitrogen and oxygen atoms in total. The Balaban J connectivity index is 1.48. The number of piperazine rings is 1. The highest BCUT2D eigenvalue weighted by Crippen LogP contribution is 2.32. The maximum absolute atomic E-state index is 12.6. The maximum Gasteiger partial charge on any atom is 0.321 e. The van der Waals surface area contributed by atoms with Crippen LogP contribution >= 0.6 is 0 Å². The predicted molar refractivity (Wildman–Crippen MR) is 113 cm³/mol. The van der Waals surface area contributed by atoms with Crippen LogP contribution in [0, 0.1) is 0 Å². The Bertz CT molecular complexity index is 1160. The number of nitrogens with zero attached hydrogens (tertiary/aromatic N) is 4. The third-order valence-corrected chi connectivity index (χ3v) is 5.22. The number of carbonyl (C=O) groups is 1. The van der Waals surface area contributed by atoms with Crippen LogP contribution < -0.4 is 5.32 Å². The number of hydrogen-bond acceptors (Lipinski definition) is 6. The van der Waals surface area contributed by atoms with Gasteiger partial charge in [-0.3, -0.25) is 0 Å². The molecule has 5 rings (SSSR count). The molecule has 1 aliphatic heterocycles. The van der Waals surface area contributed by atoms with Gasteiger partial charge in [0.05, 0.1) is 23.6 Å². The normalized spacial score (nSPS) is 14.9. The standard InChI is InChI=1S/C22H21N5O3/c1-26-8-10-27(11-9-26)22(28)23-15-6-7-16-17(14-15)25-21(19-5-3-13-30-19)20(24-16)18-4-2-12-29-18/h2-7,12-14H,8-11H2,1H3,(H,23,28). The van der Waals surface area contributed by atoms with Crippen LogP contribution in [-0.2, 0) is 0 Å². The average Bonchev–Trinajstić information content (AvgIpc) is 3.47. The van der Waals surface area contributed by atoms with Crippen molar-refractivity contribution >= 4 is 22.8 Å². The molecule has 0 bridgehead atoms. The third kappa shape index (κ3) is 3.53. The molecule has 3 aromatic heterocycles. The van der Waals surface area contributed by atoms with Crippen molar-refractivity contribution in [3.05, 3.63) is 55.0 Å². The number of benzene rings is 1. The van der Waals surface area contributed by atoms with Gasteiger partial charge in [-0.15, -0.1) is 0 Å². The Labute approximate surface area is 173 Å². The molecule has 0 aliphatic carbocycles. The van der Waals surface area contributed by atoms with Crippen molar-refractivity contribution in [3.8, 4) is 22.9 Å². The zero-order chi connectivity index (χ0) is 20.5. The Morgan fingerprint density at radius 3 is 2.13 bits per heavy atom. The molecule has 152 valence electrons. The minimum Gasteiger partial charge on any atom is -0.463 e. The summed E-state index contributed by atoms with van der Waals surface area (Å²) in [6, 6.07) is 12.7. The quantitative estimate of drug-likeness (QED) is 0.558. The number of hydrogen-bond donors (Lipinski definition) is 1. The van der Waals surface area contributed by atoms with E-state index in [9.17, 15) is 4.79 Å². The van der Waals surface area contributed by atoms with E-state index in [1.807, 2.05) is 41.3 Å². The van der Waals surface area contributed by atoms with Crippen molar-refractivity contribution in [2.24, 2.45) is 0 Å². The summed E-state index contributed by atoms with van der Waals surface area (Å²) in [6.45, 7) is 3.17. The lowest BCUT2D eigenvalue weighted by Crippen LogP contribution is -2.48. The minimum absolute atomic E-state index is 0.103. The molecule has 4 heterocycles. The highest BCUT2D eigenvalue weighted by Gasteiger charge is 2.20. The maximum atomic E-state index is 12.6. The van der Waals surface area contributed by atoms with Gasteiger partial charge < -0.3 is 24.0 Å². The van der Waals surface area contributed by atoms with Gasteiger partial charge in [-0.05, 0) is 49.5 Å². The molecule has 0 saturated carbocycles. The summed E-state index contributed by atoms with van der Waals surface area (Å²) >= 11 is 0. The van der Waals surface area contributed by atoms with Crippen LogP contribution in [0.4, 0.5) is 10.5 Å². The van der Waals surface area contributed by atoms with E-state index in [0.717, 1.165) is 13.1 Å². The first-order valence-corrected chi connectivity index (χ1v) is 9.81.